The molecule has 0 amide bonds. The fraction of sp³-hybridized carbons (Fsp3) is 0. The first kappa shape index (κ1) is 31.6. The highest BCUT2D eigenvalue weighted by molar-refractivity contribution is 7.27. The molecule has 0 fully saturated rings. The first-order valence-corrected chi connectivity index (χ1v) is 20.3. The fourth-order valence-electron chi connectivity index (χ4n) is 9.14. The Morgan fingerprint density at radius 2 is 1.00 bits per heavy atom. The Kier molecular flexibility index (Phi) is 6.54. The minimum absolute atomic E-state index is 0.642. The fourth-order valence-corrected chi connectivity index (χ4v) is 10.4. The van der Waals surface area contributed by atoms with Crippen LogP contribution in [0.3, 0.4) is 0 Å². The number of thiophene rings is 1. The summed E-state index contributed by atoms with van der Waals surface area (Å²) in [5.41, 5.74) is 12.7. The maximum Gasteiger partial charge on any atom is 0.235 e. The highest BCUT2D eigenvalue weighted by Crippen LogP contribution is 2.45. The third kappa shape index (κ3) is 4.46. The number of hydrogen-bond donors (Lipinski definition) is 0. The summed E-state index contributed by atoms with van der Waals surface area (Å²) in [7, 11) is 0. The van der Waals surface area contributed by atoms with E-state index in [0.717, 1.165) is 92.1 Å². The lowest BCUT2D eigenvalue weighted by Gasteiger charge is -2.11. The number of hydrogen-bond acceptors (Lipinski definition) is 4. The van der Waals surface area contributed by atoms with Gasteiger partial charge in [0.05, 0.1) is 42.7 Å². The molecule has 270 valence electrons. The van der Waals surface area contributed by atoms with Crippen molar-refractivity contribution in [3.05, 3.63) is 182 Å². The summed E-state index contributed by atoms with van der Waals surface area (Å²) in [4.78, 5) is 10.9. The standard InChI is InChI=1S/C52H30N4OS/c1-3-13-31(14-4-1)47-51-48(40-27-26-39-38-19-9-12-22-46(38)57-49(39)50(40)58-51)54-52(53-47)56-43-21-11-8-18-36(43)41-29-32(24-28-44(41)56)33-23-25-37-35-17-7-10-20-42(35)55(45(37)30-33)34-15-5-2-6-16-34/h1-30H. The maximum atomic E-state index is 6.53. The number of benzene rings is 8. The zero-order chi connectivity index (χ0) is 37.9. The van der Waals surface area contributed by atoms with E-state index in [1.54, 1.807) is 11.3 Å². The van der Waals surface area contributed by atoms with Gasteiger partial charge in [-0.25, -0.2) is 9.97 Å². The van der Waals surface area contributed by atoms with Gasteiger partial charge in [0, 0.05) is 49.0 Å². The lowest BCUT2D eigenvalue weighted by molar-refractivity contribution is 0.673. The molecule has 0 aliphatic rings. The Hall–Kier alpha value is -7.54. The van der Waals surface area contributed by atoms with Crippen LogP contribution in [0, 0.1) is 0 Å². The van der Waals surface area contributed by atoms with Gasteiger partial charge in [0.1, 0.15) is 5.58 Å². The Bertz CT molecular complexity index is 3800. The third-order valence-corrected chi connectivity index (χ3v) is 13.0. The summed E-state index contributed by atoms with van der Waals surface area (Å²) in [6.07, 6.45) is 0. The van der Waals surface area contributed by atoms with Crippen molar-refractivity contribution in [1.82, 2.24) is 19.1 Å². The van der Waals surface area contributed by atoms with E-state index in [1.165, 1.54) is 21.8 Å². The van der Waals surface area contributed by atoms with Crippen LogP contribution in [-0.2, 0) is 0 Å². The molecule has 0 spiro atoms. The van der Waals surface area contributed by atoms with Crippen LogP contribution in [0.1, 0.15) is 0 Å². The van der Waals surface area contributed by atoms with Crippen LogP contribution in [0.25, 0.3) is 120 Å². The van der Waals surface area contributed by atoms with Crippen molar-refractivity contribution in [3.63, 3.8) is 0 Å². The molecule has 5 heterocycles. The zero-order valence-corrected chi connectivity index (χ0v) is 31.7. The molecule has 0 N–H and O–H groups in total. The zero-order valence-electron chi connectivity index (χ0n) is 30.9. The molecule has 5 nitrogen and oxygen atoms in total. The summed E-state index contributed by atoms with van der Waals surface area (Å²) in [6.45, 7) is 0. The molecule has 0 aliphatic heterocycles. The highest BCUT2D eigenvalue weighted by atomic mass is 32.1. The van der Waals surface area contributed by atoms with Crippen molar-refractivity contribution in [2.24, 2.45) is 0 Å². The van der Waals surface area contributed by atoms with Gasteiger partial charge in [0.25, 0.3) is 0 Å². The number of fused-ring (bicyclic) bond motifs is 13. The molecule has 13 rings (SSSR count). The largest absolute Gasteiger partial charge is 0.455 e. The van der Waals surface area contributed by atoms with Gasteiger partial charge in [0.2, 0.25) is 5.95 Å². The molecule has 5 aromatic heterocycles. The lowest BCUT2D eigenvalue weighted by atomic mass is 10.0. The first-order valence-electron chi connectivity index (χ1n) is 19.5. The van der Waals surface area contributed by atoms with Crippen LogP contribution in [0.2, 0.25) is 0 Å². The number of nitrogens with zero attached hydrogens (tertiary/aromatic N) is 4. The van der Waals surface area contributed by atoms with Crippen molar-refractivity contribution in [2.45, 2.75) is 0 Å². The summed E-state index contributed by atoms with van der Waals surface area (Å²) in [6, 6.07) is 64.7. The van der Waals surface area contributed by atoms with Gasteiger partial charge in [-0.1, -0.05) is 127 Å². The summed E-state index contributed by atoms with van der Waals surface area (Å²) >= 11 is 1.71. The van der Waals surface area contributed by atoms with Crippen molar-refractivity contribution < 1.29 is 4.42 Å². The Morgan fingerprint density at radius 1 is 0.397 bits per heavy atom. The van der Waals surface area contributed by atoms with Gasteiger partial charge in [-0.2, -0.15) is 0 Å². The van der Waals surface area contributed by atoms with Gasteiger partial charge in [-0.05, 0) is 65.7 Å². The molecule has 0 saturated carbocycles. The molecular weight excluding hydrogens is 729 g/mol. The second kappa shape index (κ2) is 12.0. The molecule has 58 heavy (non-hydrogen) atoms. The molecule has 6 heteroatoms. The Morgan fingerprint density at radius 3 is 1.83 bits per heavy atom. The number of rotatable bonds is 4. The summed E-state index contributed by atoms with van der Waals surface area (Å²) in [5.74, 6) is 0.642. The third-order valence-electron chi connectivity index (χ3n) is 11.8. The van der Waals surface area contributed by atoms with Crippen molar-refractivity contribution in [3.8, 4) is 34.0 Å². The van der Waals surface area contributed by atoms with E-state index < -0.39 is 0 Å². The van der Waals surface area contributed by atoms with Crippen molar-refractivity contribution in [2.75, 3.05) is 0 Å². The quantitative estimate of drug-likeness (QED) is 0.180. The SMILES string of the molecule is c1ccc(-c2nc(-n3c4ccccc4c4cc(-c5ccc6c7ccccc7n(-c7ccccc7)c6c5)ccc43)nc3c2sc2c3ccc3c4ccccc4oc32)cc1. The Balaban J connectivity index is 1.05. The van der Waals surface area contributed by atoms with E-state index in [4.69, 9.17) is 14.4 Å². The van der Waals surface area contributed by atoms with Crippen LogP contribution < -0.4 is 0 Å². The minimum Gasteiger partial charge on any atom is -0.455 e. The van der Waals surface area contributed by atoms with E-state index in [2.05, 4.69) is 179 Å². The number of aromatic nitrogens is 4. The van der Waals surface area contributed by atoms with E-state index in [9.17, 15) is 0 Å². The van der Waals surface area contributed by atoms with Gasteiger partial charge >= 0.3 is 0 Å². The van der Waals surface area contributed by atoms with Crippen LogP contribution in [0.4, 0.5) is 0 Å². The van der Waals surface area contributed by atoms with Crippen molar-refractivity contribution in [1.29, 1.82) is 0 Å². The smallest absolute Gasteiger partial charge is 0.235 e. The molecule has 0 bridgehead atoms. The van der Waals surface area contributed by atoms with E-state index in [1.807, 2.05) is 12.1 Å². The molecule has 8 aromatic carbocycles. The maximum absolute atomic E-state index is 6.53. The van der Waals surface area contributed by atoms with Gasteiger partial charge in [0.15, 0.2) is 5.58 Å². The van der Waals surface area contributed by atoms with E-state index in [0.29, 0.717) is 5.95 Å². The van der Waals surface area contributed by atoms with Crippen LogP contribution in [-0.4, -0.2) is 19.1 Å². The molecular formula is C52H30N4OS. The second-order valence-corrected chi connectivity index (χ2v) is 16.0. The number of furan rings is 1. The molecule has 0 unspecified atom stereocenters. The van der Waals surface area contributed by atoms with Crippen molar-refractivity contribution >= 4 is 97.2 Å². The molecule has 0 radical (unpaired) electrons. The van der Waals surface area contributed by atoms with Gasteiger partial charge in [-0.3, -0.25) is 4.57 Å². The average molecular weight is 759 g/mol. The molecule has 0 atom stereocenters. The first-order chi connectivity index (χ1) is 28.8. The van der Waals surface area contributed by atoms with Gasteiger partial charge < -0.3 is 8.98 Å². The number of para-hydroxylation sites is 4. The predicted octanol–water partition coefficient (Wildman–Crippen LogP) is 14.3. The Labute approximate surface area is 335 Å². The van der Waals surface area contributed by atoms with E-state index in [-0.39, 0.29) is 0 Å². The lowest BCUT2D eigenvalue weighted by Crippen LogP contribution is -2.02. The van der Waals surface area contributed by atoms with Crippen LogP contribution >= 0.6 is 11.3 Å². The molecule has 0 saturated heterocycles. The molecule has 0 aliphatic carbocycles. The topological polar surface area (TPSA) is 48.8 Å². The van der Waals surface area contributed by atoms with Crippen LogP contribution in [0.15, 0.2) is 186 Å². The van der Waals surface area contributed by atoms with Crippen LogP contribution in [0.5, 0.6) is 0 Å². The van der Waals surface area contributed by atoms with E-state index >= 15 is 0 Å². The summed E-state index contributed by atoms with van der Waals surface area (Å²) in [5, 5.41) is 8.10. The monoisotopic (exact) mass is 758 g/mol. The highest BCUT2D eigenvalue weighted by Gasteiger charge is 2.23. The summed E-state index contributed by atoms with van der Waals surface area (Å²) < 4.78 is 13.3. The molecule has 13 aromatic rings. The normalized spacial score (nSPS) is 12.1. The minimum atomic E-state index is 0.642. The second-order valence-electron chi connectivity index (χ2n) is 14.9. The predicted molar refractivity (Wildman–Crippen MR) is 242 cm³/mol. The average Bonchev–Trinajstić information content (AvgIpc) is 4.04. The van der Waals surface area contributed by atoms with Gasteiger partial charge in [-0.15, -0.1) is 11.3 Å².